The number of H-pyrrole nitrogens is 1. The predicted molar refractivity (Wildman–Crippen MR) is 100 cm³/mol. The largest absolute Gasteiger partial charge is 0.496 e. The van der Waals surface area contributed by atoms with Gasteiger partial charge in [-0.1, -0.05) is 6.07 Å². The van der Waals surface area contributed by atoms with Crippen molar-refractivity contribution in [3.05, 3.63) is 46.3 Å². The number of amides is 2. The topological polar surface area (TPSA) is 92.4 Å². The number of methoxy groups -OCH3 is 2. The molecule has 0 saturated heterocycles. The van der Waals surface area contributed by atoms with Gasteiger partial charge < -0.3 is 25.1 Å². The molecule has 136 valence electrons. The first-order valence-electron chi connectivity index (χ1n) is 7.97. The molecule has 0 saturated carbocycles. The van der Waals surface area contributed by atoms with E-state index < -0.39 is 0 Å². The first-order valence-corrected chi connectivity index (χ1v) is 8.85. The number of ether oxygens (including phenoxy) is 2. The molecule has 2 aromatic heterocycles. The highest BCUT2D eigenvalue weighted by Gasteiger charge is 2.15. The molecular formula is C18H19N3O4S. The van der Waals surface area contributed by atoms with Crippen molar-refractivity contribution in [2.75, 3.05) is 27.3 Å². The zero-order valence-corrected chi connectivity index (χ0v) is 15.2. The summed E-state index contributed by atoms with van der Waals surface area (Å²) < 4.78 is 10.6. The minimum Gasteiger partial charge on any atom is -0.496 e. The third-order valence-electron chi connectivity index (χ3n) is 3.84. The van der Waals surface area contributed by atoms with E-state index in [4.69, 9.17) is 9.47 Å². The Morgan fingerprint density at radius 2 is 1.73 bits per heavy atom. The van der Waals surface area contributed by atoms with Gasteiger partial charge in [0.25, 0.3) is 11.8 Å². The lowest BCUT2D eigenvalue weighted by atomic mass is 10.2. The molecule has 0 aliphatic rings. The van der Waals surface area contributed by atoms with Gasteiger partial charge in [0, 0.05) is 18.5 Å². The Morgan fingerprint density at radius 3 is 2.38 bits per heavy atom. The molecule has 0 radical (unpaired) electrons. The zero-order chi connectivity index (χ0) is 18.5. The molecule has 0 atom stereocenters. The fourth-order valence-corrected chi connectivity index (χ4v) is 3.22. The van der Waals surface area contributed by atoms with Gasteiger partial charge in [0.15, 0.2) is 0 Å². The number of carbonyl (C=O) groups excluding carboxylic acids is 2. The lowest BCUT2D eigenvalue weighted by Gasteiger charge is -2.05. The summed E-state index contributed by atoms with van der Waals surface area (Å²) in [5, 5.41) is 8.14. The third-order valence-corrected chi connectivity index (χ3v) is 4.71. The maximum Gasteiger partial charge on any atom is 0.267 e. The Morgan fingerprint density at radius 1 is 1.04 bits per heavy atom. The normalized spacial score (nSPS) is 10.5. The molecule has 2 heterocycles. The molecule has 2 amide bonds. The van der Waals surface area contributed by atoms with Crippen LogP contribution in [0.3, 0.4) is 0 Å². The standard InChI is InChI=1S/C18H19N3O4S/c1-24-13-5-6-14(25-2)16-11(13)10-12(21-16)17(22)19-7-8-20-18(23)15-4-3-9-26-15/h3-6,9-10,21H,7-8H2,1-2H3,(H,19,22)(H,20,23). The lowest BCUT2D eigenvalue weighted by Crippen LogP contribution is -2.34. The summed E-state index contributed by atoms with van der Waals surface area (Å²) >= 11 is 1.37. The number of aromatic amines is 1. The number of aromatic nitrogens is 1. The van der Waals surface area contributed by atoms with E-state index in [0.29, 0.717) is 40.7 Å². The smallest absolute Gasteiger partial charge is 0.267 e. The number of carbonyl (C=O) groups is 2. The van der Waals surface area contributed by atoms with Crippen LogP contribution in [-0.2, 0) is 0 Å². The van der Waals surface area contributed by atoms with E-state index in [-0.39, 0.29) is 11.8 Å². The van der Waals surface area contributed by atoms with Crippen LogP contribution >= 0.6 is 11.3 Å². The summed E-state index contributed by atoms with van der Waals surface area (Å²) in [6.45, 7) is 0.662. The summed E-state index contributed by atoms with van der Waals surface area (Å²) in [6.07, 6.45) is 0. The van der Waals surface area contributed by atoms with E-state index in [1.54, 1.807) is 38.5 Å². The van der Waals surface area contributed by atoms with Crippen LogP contribution in [0.15, 0.2) is 35.7 Å². The van der Waals surface area contributed by atoms with E-state index >= 15 is 0 Å². The molecular weight excluding hydrogens is 354 g/mol. The fourth-order valence-electron chi connectivity index (χ4n) is 2.58. The van der Waals surface area contributed by atoms with Gasteiger partial charge in [0.05, 0.1) is 24.6 Å². The van der Waals surface area contributed by atoms with Crippen molar-refractivity contribution in [2.45, 2.75) is 0 Å². The highest BCUT2D eigenvalue weighted by atomic mass is 32.1. The van der Waals surface area contributed by atoms with Gasteiger partial charge in [-0.2, -0.15) is 0 Å². The molecule has 0 aliphatic heterocycles. The molecule has 3 rings (SSSR count). The number of hydrogen-bond acceptors (Lipinski definition) is 5. The molecule has 0 bridgehead atoms. The van der Waals surface area contributed by atoms with Crippen LogP contribution in [-0.4, -0.2) is 44.1 Å². The van der Waals surface area contributed by atoms with E-state index in [0.717, 1.165) is 5.39 Å². The lowest BCUT2D eigenvalue weighted by molar-refractivity contribution is 0.0927. The summed E-state index contributed by atoms with van der Waals surface area (Å²) in [4.78, 5) is 27.9. The van der Waals surface area contributed by atoms with Crippen LogP contribution in [0.2, 0.25) is 0 Å². The Bertz CT molecular complexity index is 877. The van der Waals surface area contributed by atoms with E-state index in [1.807, 2.05) is 11.4 Å². The van der Waals surface area contributed by atoms with Gasteiger partial charge in [0.2, 0.25) is 0 Å². The second-order valence-corrected chi connectivity index (χ2v) is 6.38. The Kier molecular flexibility index (Phi) is 5.43. The highest BCUT2D eigenvalue weighted by molar-refractivity contribution is 7.12. The maximum absolute atomic E-state index is 12.4. The summed E-state index contributed by atoms with van der Waals surface area (Å²) in [6, 6.07) is 8.86. The number of rotatable bonds is 7. The predicted octanol–water partition coefficient (Wildman–Crippen LogP) is 2.41. The summed E-state index contributed by atoms with van der Waals surface area (Å²) in [5.41, 5.74) is 1.09. The third kappa shape index (κ3) is 3.65. The minimum absolute atomic E-state index is 0.144. The molecule has 0 unspecified atom stereocenters. The number of thiophene rings is 1. The molecule has 0 fully saturated rings. The van der Waals surface area contributed by atoms with Crippen LogP contribution in [0, 0.1) is 0 Å². The van der Waals surface area contributed by atoms with Gasteiger partial charge in [0.1, 0.15) is 17.2 Å². The highest BCUT2D eigenvalue weighted by Crippen LogP contribution is 2.33. The molecule has 3 aromatic rings. The Balaban J connectivity index is 1.62. The van der Waals surface area contributed by atoms with Crippen molar-refractivity contribution in [3.8, 4) is 11.5 Å². The molecule has 8 heteroatoms. The van der Waals surface area contributed by atoms with Crippen LogP contribution in [0.25, 0.3) is 10.9 Å². The Labute approximate surface area is 154 Å². The van der Waals surface area contributed by atoms with Gasteiger partial charge >= 0.3 is 0 Å². The monoisotopic (exact) mass is 373 g/mol. The number of benzene rings is 1. The first-order chi connectivity index (χ1) is 12.6. The van der Waals surface area contributed by atoms with Crippen LogP contribution < -0.4 is 20.1 Å². The molecule has 0 spiro atoms. The fraction of sp³-hybridized carbons (Fsp3) is 0.222. The van der Waals surface area contributed by atoms with Gasteiger partial charge in [-0.15, -0.1) is 11.3 Å². The average Bonchev–Trinajstić information content (AvgIpc) is 3.33. The molecule has 7 nitrogen and oxygen atoms in total. The molecule has 3 N–H and O–H groups in total. The second kappa shape index (κ2) is 7.92. The van der Waals surface area contributed by atoms with Crippen molar-refractivity contribution in [3.63, 3.8) is 0 Å². The SMILES string of the molecule is COc1ccc(OC)c2[nH]c(C(=O)NCCNC(=O)c3cccs3)cc12. The van der Waals surface area contributed by atoms with E-state index in [9.17, 15) is 9.59 Å². The van der Waals surface area contributed by atoms with Crippen LogP contribution in [0.5, 0.6) is 11.5 Å². The Hall–Kier alpha value is -3.00. The van der Waals surface area contributed by atoms with Gasteiger partial charge in [-0.05, 0) is 29.6 Å². The number of nitrogens with one attached hydrogen (secondary N) is 3. The molecule has 26 heavy (non-hydrogen) atoms. The van der Waals surface area contributed by atoms with Crippen molar-refractivity contribution >= 4 is 34.1 Å². The van der Waals surface area contributed by atoms with Crippen molar-refractivity contribution in [1.29, 1.82) is 0 Å². The summed E-state index contributed by atoms with van der Waals surface area (Å²) in [7, 11) is 3.14. The summed E-state index contributed by atoms with van der Waals surface area (Å²) in [5.74, 6) is 0.868. The minimum atomic E-state index is -0.268. The number of fused-ring (bicyclic) bond motifs is 1. The molecule has 1 aromatic carbocycles. The quantitative estimate of drug-likeness (QED) is 0.555. The van der Waals surface area contributed by atoms with Crippen LogP contribution in [0.4, 0.5) is 0 Å². The maximum atomic E-state index is 12.4. The first kappa shape index (κ1) is 17.8. The zero-order valence-electron chi connectivity index (χ0n) is 14.4. The molecule has 0 aliphatic carbocycles. The number of hydrogen-bond donors (Lipinski definition) is 3. The average molecular weight is 373 g/mol. The van der Waals surface area contributed by atoms with E-state index in [2.05, 4.69) is 15.6 Å². The van der Waals surface area contributed by atoms with Crippen molar-refractivity contribution in [2.24, 2.45) is 0 Å². The van der Waals surface area contributed by atoms with E-state index in [1.165, 1.54) is 11.3 Å². The van der Waals surface area contributed by atoms with Gasteiger partial charge in [-0.25, -0.2) is 0 Å². The van der Waals surface area contributed by atoms with Gasteiger partial charge in [-0.3, -0.25) is 9.59 Å². The van der Waals surface area contributed by atoms with Crippen LogP contribution in [0.1, 0.15) is 20.2 Å². The second-order valence-electron chi connectivity index (χ2n) is 5.43. The van der Waals surface area contributed by atoms with Crippen molar-refractivity contribution < 1.29 is 19.1 Å². The van der Waals surface area contributed by atoms with Crippen molar-refractivity contribution in [1.82, 2.24) is 15.6 Å².